The van der Waals surface area contributed by atoms with Crippen LogP contribution in [0.2, 0.25) is 0 Å². The average Bonchev–Trinajstić information content (AvgIpc) is 2.99. The van der Waals surface area contributed by atoms with Crippen LogP contribution in [0, 0.1) is 0 Å². The van der Waals surface area contributed by atoms with E-state index in [0.717, 1.165) is 0 Å². The Bertz CT molecular complexity index is 448. The number of imidazole rings is 1. The summed E-state index contributed by atoms with van der Waals surface area (Å²) in [6, 6.07) is -1.80. The predicted octanol–water partition coefficient (Wildman–Crippen LogP) is -1.76. The van der Waals surface area contributed by atoms with Crippen molar-refractivity contribution in [2.45, 2.75) is 31.0 Å². The molecule has 0 radical (unpaired) electrons. The van der Waals surface area contributed by atoms with Crippen molar-refractivity contribution in [3.05, 3.63) is 18.2 Å². The summed E-state index contributed by atoms with van der Waals surface area (Å²) < 4.78 is 0. The zero-order chi connectivity index (χ0) is 13.8. The van der Waals surface area contributed by atoms with Crippen molar-refractivity contribution in [1.82, 2.24) is 20.6 Å². The van der Waals surface area contributed by atoms with Crippen LogP contribution in [-0.4, -0.2) is 56.8 Å². The van der Waals surface area contributed by atoms with E-state index < -0.39 is 30.1 Å². The van der Waals surface area contributed by atoms with Gasteiger partial charge in [0.25, 0.3) is 0 Å². The monoisotopic (exact) mass is 268 g/mol. The summed E-state index contributed by atoms with van der Waals surface area (Å²) in [5.41, 5.74) is 0.618. The molecule has 1 fully saturated rings. The third-order valence-corrected chi connectivity index (χ3v) is 3.07. The molecule has 0 aliphatic carbocycles. The number of nitrogens with zero attached hydrogens (tertiary/aromatic N) is 1. The molecule has 1 saturated heterocycles. The van der Waals surface area contributed by atoms with Crippen LogP contribution in [0.25, 0.3) is 0 Å². The Morgan fingerprint density at radius 2 is 2.37 bits per heavy atom. The number of aromatic nitrogens is 2. The van der Waals surface area contributed by atoms with E-state index in [1.54, 1.807) is 0 Å². The number of amides is 1. The Hall–Kier alpha value is -1.93. The van der Waals surface area contributed by atoms with Gasteiger partial charge in [-0.05, 0) is 13.0 Å². The van der Waals surface area contributed by atoms with Crippen molar-refractivity contribution in [3.63, 3.8) is 0 Å². The fourth-order valence-corrected chi connectivity index (χ4v) is 2.03. The zero-order valence-electron chi connectivity index (χ0n) is 10.2. The van der Waals surface area contributed by atoms with E-state index in [-0.39, 0.29) is 6.42 Å². The van der Waals surface area contributed by atoms with E-state index in [4.69, 9.17) is 5.11 Å². The van der Waals surface area contributed by atoms with Crippen molar-refractivity contribution < 1.29 is 19.8 Å². The summed E-state index contributed by atoms with van der Waals surface area (Å²) in [4.78, 5) is 29.6. The van der Waals surface area contributed by atoms with E-state index in [2.05, 4.69) is 20.6 Å². The van der Waals surface area contributed by atoms with Gasteiger partial charge >= 0.3 is 5.97 Å². The van der Waals surface area contributed by atoms with E-state index in [1.165, 1.54) is 12.5 Å². The summed E-state index contributed by atoms with van der Waals surface area (Å²) in [6.07, 6.45) is 2.77. The highest BCUT2D eigenvalue weighted by atomic mass is 16.4. The number of hydrogen-bond acceptors (Lipinski definition) is 5. The summed E-state index contributed by atoms with van der Waals surface area (Å²) in [7, 11) is 0. The maximum Gasteiger partial charge on any atom is 0.326 e. The average molecular weight is 268 g/mol. The number of carbonyl (C=O) groups excluding carboxylic acids is 1. The Balaban J connectivity index is 1.96. The number of aliphatic carboxylic acids is 1. The van der Waals surface area contributed by atoms with Crippen LogP contribution in [0.5, 0.6) is 0 Å². The lowest BCUT2D eigenvalue weighted by Gasteiger charge is -2.19. The number of hydrogen-bond donors (Lipinski definition) is 5. The number of carboxylic acids is 1. The van der Waals surface area contributed by atoms with Gasteiger partial charge in [-0.15, -0.1) is 0 Å². The number of rotatable bonds is 5. The molecular weight excluding hydrogens is 252 g/mol. The molecule has 0 spiro atoms. The molecule has 3 atom stereocenters. The Morgan fingerprint density at radius 1 is 1.58 bits per heavy atom. The summed E-state index contributed by atoms with van der Waals surface area (Å²) >= 11 is 0. The number of H-pyrrole nitrogens is 1. The predicted molar refractivity (Wildman–Crippen MR) is 64.3 cm³/mol. The van der Waals surface area contributed by atoms with Crippen LogP contribution in [0.4, 0.5) is 0 Å². The quantitative estimate of drug-likeness (QED) is 0.430. The first-order valence-corrected chi connectivity index (χ1v) is 6.00. The molecule has 0 bridgehead atoms. The number of aliphatic hydroxyl groups is 1. The minimum atomic E-state index is -1.13. The normalized spacial score (nSPS) is 24.1. The molecule has 19 heavy (non-hydrogen) atoms. The molecule has 0 saturated carbocycles. The second-order valence-electron chi connectivity index (χ2n) is 4.47. The molecule has 1 aliphatic heterocycles. The van der Waals surface area contributed by atoms with Crippen LogP contribution in [-0.2, 0) is 16.0 Å². The number of aliphatic hydroxyl groups excluding tert-OH is 1. The molecule has 8 heteroatoms. The molecule has 104 valence electrons. The molecule has 1 aromatic heterocycles. The molecular formula is C11H16N4O4. The van der Waals surface area contributed by atoms with Gasteiger partial charge in [0.15, 0.2) is 0 Å². The Labute approximate surface area is 109 Å². The van der Waals surface area contributed by atoms with Crippen LogP contribution >= 0.6 is 0 Å². The summed E-state index contributed by atoms with van der Waals surface area (Å²) in [5, 5.41) is 23.9. The molecule has 2 rings (SSSR count). The molecule has 1 amide bonds. The van der Waals surface area contributed by atoms with Crippen molar-refractivity contribution in [1.29, 1.82) is 0 Å². The SMILES string of the molecule is O=C(O)[C@H](Cc1cnc[nH]1)NC(=O)[C@H]1NCC[C@@H]1O. The first-order valence-electron chi connectivity index (χ1n) is 6.00. The highest BCUT2D eigenvalue weighted by molar-refractivity contribution is 5.87. The molecule has 1 aromatic rings. The van der Waals surface area contributed by atoms with Gasteiger partial charge in [-0.2, -0.15) is 0 Å². The topological polar surface area (TPSA) is 127 Å². The van der Waals surface area contributed by atoms with Gasteiger partial charge in [-0.25, -0.2) is 9.78 Å². The molecule has 5 N–H and O–H groups in total. The molecule has 0 unspecified atom stereocenters. The van der Waals surface area contributed by atoms with Crippen molar-refractivity contribution in [2.24, 2.45) is 0 Å². The fraction of sp³-hybridized carbons (Fsp3) is 0.545. The minimum absolute atomic E-state index is 0.115. The van der Waals surface area contributed by atoms with Crippen molar-refractivity contribution in [3.8, 4) is 0 Å². The standard InChI is InChI=1S/C11H16N4O4/c16-8-1-2-13-9(8)10(17)15-7(11(18)19)3-6-4-12-5-14-6/h4-5,7-9,13,16H,1-3H2,(H,12,14)(H,15,17)(H,18,19)/t7-,8-,9-/m0/s1. The molecule has 8 nitrogen and oxygen atoms in total. The van der Waals surface area contributed by atoms with E-state index >= 15 is 0 Å². The molecule has 0 aromatic carbocycles. The van der Waals surface area contributed by atoms with Crippen molar-refractivity contribution >= 4 is 11.9 Å². The Kier molecular flexibility index (Phi) is 4.13. The molecule has 2 heterocycles. The van der Waals surface area contributed by atoms with Gasteiger partial charge in [0, 0.05) is 18.3 Å². The largest absolute Gasteiger partial charge is 0.480 e. The van der Waals surface area contributed by atoms with Gasteiger partial charge in [-0.3, -0.25) is 4.79 Å². The van der Waals surface area contributed by atoms with Gasteiger partial charge in [-0.1, -0.05) is 0 Å². The maximum absolute atomic E-state index is 11.9. The number of carboxylic acid groups (broad SMARTS) is 1. The van der Waals surface area contributed by atoms with Crippen LogP contribution in [0.15, 0.2) is 12.5 Å². The first-order chi connectivity index (χ1) is 9.08. The second kappa shape index (κ2) is 5.81. The van der Waals surface area contributed by atoms with Gasteiger partial charge < -0.3 is 25.8 Å². The Morgan fingerprint density at radius 3 is 2.89 bits per heavy atom. The van der Waals surface area contributed by atoms with Crippen molar-refractivity contribution in [2.75, 3.05) is 6.54 Å². The zero-order valence-corrected chi connectivity index (χ0v) is 10.2. The van der Waals surface area contributed by atoms with Gasteiger partial charge in [0.2, 0.25) is 5.91 Å². The highest BCUT2D eigenvalue weighted by Gasteiger charge is 2.33. The van der Waals surface area contributed by atoms with Gasteiger partial charge in [0.05, 0.1) is 12.4 Å². The number of nitrogens with one attached hydrogen (secondary N) is 3. The van der Waals surface area contributed by atoms with Gasteiger partial charge in [0.1, 0.15) is 12.1 Å². The lowest BCUT2D eigenvalue weighted by Crippen LogP contribution is -2.52. The first kappa shape index (κ1) is 13.5. The second-order valence-corrected chi connectivity index (χ2v) is 4.47. The number of aromatic amines is 1. The highest BCUT2D eigenvalue weighted by Crippen LogP contribution is 2.07. The van der Waals surface area contributed by atoms with E-state index in [1.807, 2.05) is 0 Å². The summed E-state index contributed by atoms with van der Waals surface area (Å²) in [5.74, 6) is -1.63. The fourth-order valence-electron chi connectivity index (χ4n) is 2.03. The lowest BCUT2D eigenvalue weighted by molar-refractivity contribution is -0.142. The third kappa shape index (κ3) is 3.30. The lowest BCUT2D eigenvalue weighted by atomic mass is 10.1. The maximum atomic E-state index is 11.9. The minimum Gasteiger partial charge on any atom is -0.480 e. The van der Waals surface area contributed by atoms with Crippen LogP contribution in [0.1, 0.15) is 12.1 Å². The smallest absolute Gasteiger partial charge is 0.326 e. The number of carbonyl (C=O) groups is 2. The van der Waals surface area contributed by atoms with E-state index in [9.17, 15) is 14.7 Å². The third-order valence-electron chi connectivity index (χ3n) is 3.07. The van der Waals surface area contributed by atoms with Crippen LogP contribution in [0.3, 0.4) is 0 Å². The summed E-state index contributed by atoms with van der Waals surface area (Å²) in [6.45, 7) is 0.539. The molecule has 1 aliphatic rings. The van der Waals surface area contributed by atoms with E-state index in [0.29, 0.717) is 18.7 Å². The van der Waals surface area contributed by atoms with Crippen LogP contribution < -0.4 is 10.6 Å².